The minimum Gasteiger partial charge on any atom is -0.342 e. The van der Waals surface area contributed by atoms with Crippen LogP contribution in [-0.2, 0) is 17.4 Å². The number of aryl methyl sites for hydroxylation is 2. The summed E-state index contributed by atoms with van der Waals surface area (Å²) >= 11 is 0. The van der Waals surface area contributed by atoms with Crippen LogP contribution in [0.4, 0.5) is 13.2 Å². The molecule has 1 aliphatic rings. The largest absolute Gasteiger partial charge is 0.417 e. The standard InChI is InChI=1S/C22H26F3N5O2/c1-11(2)17-9-16(22(23,24)25)19-20(29-32-21(19)26-17)14-6-5-7-30(10-14)18(31)8-15-12(3)27-28-13(15)4/h9,11,14H,5-8,10H2,1-4H3,(H,27,28)/t14-/m0/s1. The first kappa shape index (κ1) is 22.3. The van der Waals surface area contributed by atoms with Gasteiger partial charge in [-0.15, -0.1) is 0 Å². The van der Waals surface area contributed by atoms with Crippen molar-refractivity contribution in [3.05, 3.63) is 40.0 Å². The van der Waals surface area contributed by atoms with Crippen LogP contribution >= 0.6 is 0 Å². The first-order valence-corrected chi connectivity index (χ1v) is 10.7. The Morgan fingerprint density at radius 3 is 2.72 bits per heavy atom. The third-order valence-corrected chi connectivity index (χ3v) is 6.16. The molecule has 0 unspecified atom stereocenters. The number of piperidine rings is 1. The summed E-state index contributed by atoms with van der Waals surface area (Å²) in [5.74, 6) is -0.619. The number of fused-ring (bicyclic) bond motifs is 1. The number of hydrogen-bond donors (Lipinski definition) is 1. The van der Waals surface area contributed by atoms with E-state index in [1.54, 1.807) is 18.7 Å². The molecule has 4 rings (SSSR count). The topological polar surface area (TPSA) is 87.9 Å². The highest BCUT2D eigenvalue weighted by Gasteiger charge is 2.38. The Morgan fingerprint density at radius 1 is 1.34 bits per heavy atom. The predicted octanol–water partition coefficient (Wildman–Crippen LogP) is 4.65. The van der Waals surface area contributed by atoms with Gasteiger partial charge in [-0.25, -0.2) is 4.98 Å². The second-order valence-corrected chi connectivity index (χ2v) is 8.76. The Morgan fingerprint density at radius 2 is 2.09 bits per heavy atom. The molecule has 0 saturated carbocycles. The van der Waals surface area contributed by atoms with Crippen LogP contribution in [0, 0.1) is 13.8 Å². The molecular weight excluding hydrogens is 423 g/mol. The lowest BCUT2D eigenvalue weighted by Crippen LogP contribution is -2.40. The third kappa shape index (κ3) is 4.10. The smallest absolute Gasteiger partial charge is 0.342 e. The minimum absolute atomic E-state index is 0.0774. The summed E-state index contributed by atoms with van der Waals surface area (Å²) in [4.78, 5) is 18.9. The molecule has 0 radical (unpaired) electrons. The highest BCUT2D eigenvalue weighted by molar-refractivity contribution is 5.82. The van der Waals surface area contributed by atoms with E-state index >= 15 is 0 Å². The summed E-state index contributed by atoms with van der Waals surface area (Å²) < 4.78 is 47.0. The van der Waals surface area contributed by atoms with E-state index in [2.05, 4.69) is 20.3 Å². The molecule has 10 heteroatoms. The highest BCUT2D eigenvalue weighted by atomic mass is 19.4. The summed E-state index contributed by atoms with van der Waals surface area (Å²) in [5, 5.41) is 10.9. The number of carbonyl (C=O) groups is 1. The molecule has 1 fully saturated rings. The fourth-order valence-corrected chi connectivity index (χ4v) is 4.31. The molecule has 32 heavy (non-hydrogen) atoms. The van der Waals surface area contributed by atoms with Gasteiger partial charge in [-0.1, -0.05) is 19.0 Å². The van der Waals surface area contributed by atoms with Crippen molar-refractivity contribution in [3.8, 4) is 0 Å². The van der Waals surface area contributed by atoms with E-state index in [1.807, 2.05) is 13.8 Å². The molecule has 0 aromatic carbocycles. The van der Waals surface area contributed by atoms with Crippen molar-refractivity contribution in [1.29, 1.82) is 0 Å². The van der Waals surface area contributed by atoms with Crippen molar-refractivity contribution in [2.45, 2.75) is 65.0 Å². The Labute approximate surface area is 183 Å². The molecule has 1 aliphatic heterocycles. The number of pyridine rings is 1. The average molecular weight is 449 g/mol. The van der Waals surface area contributed by atoms with E-state index in [4.69, 9.17) is 4.52 Å². The number of nitrogens with one attached hydrogen (secondary N) is 1. The van der Waals surface area contributed by atoms with Crippen LogP contribution in [0.2, 0.25) is 0 Å². The number of alkyl halides is 3. The van der Waals surface area contributed by atoms with Gasteiger partial charge in [0, 0.05) is 36.0 Å². The molecule has 1 atom stereocenters. The van der Waals surface area contributed by atoms with Crippen molar-refractivity contribution >= 4 is 17.0 Å². The molecule has 7 nitrogen and oxygen atoms in total. The van der Waals surface area contributed by atoms with E-state index < -0.39 is 11.7 Å². The normalized spacial score (nSPS) is 17.5. The molecule has 3 aromatic rings. The number of rotatable bonds is 4. The molecule has 1 N–H and O–H groups in total. The second-order valence-electron chi connectivity index (χ2n) is 8.76. The van der Waals surface area contributed by atoms with E-state index in [9.17, 15) is 18.0 Å². The van der Waals surface area contributed by atoms with Crippen LogP contribution in [0.25, 0.3) is 11.1 Å². The number of nitrogens with zero attached hydrogens (tertiary/aromatic N) is 4. The number of likely N-dealkylation sites (tertiary alicyclic amines) is 1. The lowest BCUT2D eigenvalue weighted by atomic mass is 9.91. The number of hydrogen-bond acceptors (Lipinski definition) is 5. The van der Waals surface area contributed by atoms with Gasteiger partial charge in [-0.3, -0.25) is 9.89 Å². The zero-order chi connectivity index (χ0) is 23.2. The molecule has 3 aromatic heterocycles. The quantitative estimate of drug-likeness (QED) is 0.626. The first-order valence-electron chi connectivity index (χ1n) is 10.7. The lowest BCUT2D eigenvalue weighted by molar-refractivity contribution is -0.136. The van der Waals surface area contributed by atoms with Crippen LogP contribution in [0.3, 0.4) is 0 Å². The number of aromatic nitrogens is 4. The second kappa shape index (κ2) is 8.22. The number of H-pyrrole nitrogens is 1. The Balaban J connectivity index is 1.65. The summed E-state index contributed by atoms with van der Waals surface area (Å²) in [5.41, 5.74) is 2.11. The number of carbonyl (C=O) groups excluding carboxylic acids is 1. The number of amides is 1. The van der Waals surface area contributed by atoms with Crippen molar-refractivity contribution in [1.82, 2.24) is 25.2 Å². The minimum atomic E-state index is -4.56. The molecule has 1 amide bonds. The summed E-state index contributed by atoms with van der Waals surface area (Å²) in [6.45, 7) is 8.10. The average Bonchev–Trinajstić information content (AvgIpc) is 3.30. The Hall–Kier alpha value is -2.91. The maximum absolute atomic E-state index is 13.9. The van der Waals surface area contributed by atoms with Gasteiger partial charge in [0.15, 0.2) is 0 Å². The van der Waals surface area contributed by atoms with Crippen molar-refractivity contribution in [2.24, 2.45) is 0 Å². The van der Waals surface area contributed by atoms with Crippen LogP contribution in [0.1, 0.15) is 72.4 Å². The van der Waals surface area contributed by atoms with Gasteiger partial charge in [0.25, 0.3) is 5.71 Å². The summed E-state index contributed by atoms with van der Waals surface area (Å²) in [7, 11) is 0. The fraction of sp³-hybridized carbons (Fsp3) is 0.545. The van der Waals surface area contributed by atoms with Gasteiger partial charge in [0.1, 0.15) is 0 Å². The SMILES string of the molecule is Cc1n[nH]c(C)c1CC(=O)N1CCC[C@H](c2noc3nc(C(C)C)cc(C(F)(F)F)c23)C1. The van der Waals surface area contributed by atoms with E-state index in [0.29, 0.717) is 31.6 Å². The summed E-state index contributed by atoms with van der Waals surface area (Å²) in [6, 6.07) is 1.09. The van der Waals surface area contributed by atoms with Gasteiger partial charge in [-0.05, 0) is 38.7 Å². The number of halogens is 3. The van der Waals surface area contributed by atoms with Crippen LogP contribution in [0.15, 0.2) is 10.6 Å². The molecule has 1 saturated heterocycles. The lowest BCUT2D eigenvalue weighted by Gasteiger charge is -2.32. The van der Waals surface area contributed by atoms with Gasteiger partial charge in [-0.2, -0.15) is 18.3 Å². The molecule has 4 heterocycles. The maximum atomic E-state index is 13.9. The van der Waals surface area contributed by atoms with E-state index in [-0.39, 0.29) is 41.0 Å². The molecule has 0 bridgehead atoms. The van der Waals surface area contributed by atoms with Crippen molar-refractivity contribution < 1.29 is 22.5 Å². The third-order valence-electron chi connectivity index (χ3n) is 6.16. The van der Waals surface area contributed by atoms with Crippen LogP contribution < -0.4 is 0 Å². The van der Waals surface area contributed by atoms with Crippen molar-refractivity contribution in [3.63, 3.8) is 0 Å². The van der Waals surface area contributed by atoms with E-state index in [0.717, 1.165) is 23.0 Å². The molecule has 0 aliphatic carbocycles. The van der Waals surface area contributed by atoms with Gasteiger partial charge >= 0.3 is 6.18 Å². The van der Waals surface area contributed by atoms with Gasteiger partial charge in [0.05, 0.1) is 28.8 Å². The zero-order valence-corrected chi connectivity index (χ0v) is 18.5. The molecule has 172 valence electrons. The molecule has 0 spiro atoms. The monoisotopic (exact) mass is 449 g/mol. The van der Waals surface area contributed by atoms with Gasteiger partial charge in [0.2, 0.25) is 5.91 Å². The molecular formula is C22H26F3N5O2. The van der Waals surface area contributed by atoms with Crippen LogP contribution in [-0.4, -0.2) is 44.2 Å². The summed E-state index contributed by atoms with van der Waals surface area (Å²) in [6.07, 6.45) is -3.06. The maximum Gasteiger partial charge on any atom is 0.417 e. The number of aromatic amines is 1. The first-order chi connectivity index (χ1) is 15.1. The fourth-order valence-electron chi connectivity index (χ4n) is 4.31. The zero-order valence-electron chi connectivity index (χ0n) is 18.5. The highest BCUT2D eigenvalue weighted by Crippen LogP contribution is 2.40. The van der Waals surface area contributed by atoms with Gasteiger partial charge < -0.3 is 9.42 Å². The Bertz CT molecular complexity index is 1130. The van der Waals surface area contributed by atoms with Crippen molar-refractivity contribution in [2.75, 3.05) is 13.1 Å². The predicted molar refractivity (Wildman–Crippen MR) is 111 cm³/mol. The Kier molecular flexibility index (Phi) is 5.72. The van der Waals surface area contributed by atoms with Crippen LogP contribution in [0.5, 0.6) is 0 Å². The van der Waals surface area contributed by atoms with E-state index in [1.165, 1.54) is 0 Å².